The Morgan fingerprint density at radius 3 is 1.87 bits per heavy atom. The summed E-state index contributed by atoms with van der Waals surface area (Å²) in [4.78, 5) is 0. The second kappa shape index (κ2) is 4.08. The van der Waals surface area contributed by atoms with Gasteiger partial charge in [0.1, 0.15) is 0 Å². The molecule has 1 unspecified atom stereocenters. The van der Waals surface area contributed by atoms with Gasteiger partial charge < -0.3 is 5.32 Å². The van der Waals surface area contributed by atoms with Crippen LogP contribution in [0.25, 0.3) is 0 Å². The van der Waals surface area contributed by atoms with E-state index >= 15 is 0 Å². The fourth-order valence-corrected chi connectivity index (χ4v) is 3.20. The Bertz CT molecular complexity index is 201. The lowest BCUT2D eigenvalue weighted by molar-refractivity contribution is 0.337. The molecule has 3 aliphatic rings. The molecule has 3 rings (SSSR count). The number of hydrogen-bond acceptors (Lipinski definition) is 1. The van der Waals surface area contributed by atoms with Gasteiger partial charge in [0.25, 0.3) is 0 Å². The van der Waals surface area contributed by atoms with E-state index in [1.165, 1.54) is 51.5 Å². The summed E-state index contributed by atoms with van der Waals surface area (Å²) in [5.41, 5.74) is 0. The molecule has 0 saturated heterocycles. The van der Waals surface area contributed by atoms with E-state index in [1.807, 2.05) is 0 Å². The minimum Gasteiger partial charge on any atom is -0.313 e. The molecular weight excluding hydrogens is 182 g/mol. The zero-order valence-electron chi connectivity index (χ0n) is 10.0. The molecule has 3 aliphatic carbocycles. The van der Waals surface area contributed by atoms with Crippen molar-refractivity contribution >= 4 is 0 Å². The Morgan fingerprint density at radius 1 is 0.933 bits per heavy atom. The lowest BCUT2D eigenvalue weighted by Gasteiger charge is -2.22. The largest absolute Gasteiger partial charge is 0.313 e. The summed E-state index contributed by atoms with van der Waals surface area (Å²) in [7, 11) is 0. The average molecular weight is 207 g/mol. The highest BCUT2D eigenvalue weighted by molar-refractivity contribution is 4.94. The summed E-state index contributed by atoms with van der Waals surface area (Å²) in [6.45, 7) is 3.68. The van der Waals surface area contributed by atoms with E-state index < -0.39 is 0 Å². The van der Waals surface area contributed by atoms with Gasteiger partial charge in [0.15, 0.2) is 0 Å². The van der Waals surface area contributed by atoms with Crippen LogP contribution < -0.4 is 5.32 Å². The Labute approximate surface area is 94.0 Å². The van der Waals surface area contributed by atoms with E-state index in [9.17, 15) is 0 Å². The van der Waals surface area contributed by atoms with E-state index in [1.54, 1.807) is 0 Å². The fourth-order valence-electron chi connectivity index (χ4n) is 3.20. The Morgan fingerprint density at radius 2 is 1.47 bits per heavy atom. The van der Waals surface area contributed by atoms with Gasteiger partial charge >= 0.3 is 0 Å². The minimum absolute atomic E-state index is 0.852. The fraction of sp³-hybridized carbons (Fsp3) is 1.00. The predicted octanol–water partition coefficient (Wildman–Crippen LogP) is 3.20. The van der Waals surface area contributed by atoms with Gasteiger partial charge in [-0.15, -0.1) is 0 Å². The molecular formula is C14H25N. The summed E-state index contributed by atoms with van der Waals surface area (Å²) in [6.07, 6.45) is 10.4. The first-order chi connectivity index (χ1) is 7.38. The van der Waals surface area contributed by atoms with Gasteiger partial charge in [0.2, 0.25) is 0 Å². The molecule has 0 spiro atoms. The van der Waals surface area contributed by atoms with Crippen molar-refractivity contribution in [1.82, 2.24) is 5.32 Å². The van der Waals surface area contributed by atoms with E-state index in [4.69, 9.17) is 0 Å². The molecule has 1 heteroatoms. The molecule has 0 amide bonds. The van der Waals surface area contributed by atoms with Crippen molar-refractivity contribution in [3.63, 3.8) is 0 Å². The standard InChI is InChI=1S/C14H25N/c1-2-14(12-7-8-12)15-9-13(10-3-4-10)11-5-6-11/h10-15H,2-9H2,1H3. The van der Waals surface area contributed by atoms with Crippen LogP contribution in [0.2, 0.25) is 0 Å². The number of nitrogens with one attached hydrogen (secondary N) is 1. The van der Waals surface area contributed by atoms with Crippen LogP contribution in [-0.2, 0) is 0 Å². The Balaban J connectivity index is 1.45. The van der Waals surface area contributed by atoms with Crippen molar-refractivity contribution in [3.05, 3.63) is 0 Å². The third-order valence-corrected chi connectivity index (χ3v) is 4.70. The lowest BCUT2D eigenvalue weighted by atomic mass is 9.97. The van der Waals surface area contributed by atoms with E-state index in [0.29, 0.717) is 0 Å². The molecule has 1 nitrogen and oxygen atoms in total. The van der Waals surface area contributed by atoms with Crippen LogP contribution in [0.5, 0.6) is 0 Å². The van der Waals surface area contributed by atoms with E-state index in [2.05, 4.69) is 12.2 Å². The van der Waals surface area contributed by atoms with Crippen molar-refractivity contribution in [3.8, 4) is 0 Å². The molecule has 0 radical (unpaired) electrons. The molecule has 3 saturated carbocycles. The second-order valence-electron chi connectivity index (χ2n) is 6.10. The molecule has 0 aromatic rings. The van der Waals surface area contributed by atoms with Gasteiger partial charge in [-0.2, -0.15) is 0 Å². The van der Waals surface area contributed by atoms with Crippen LogP contribution in [0.1, 0.15) is 51.9 Å². The molecule has 0 bridgehead atoms. The third kappa shape index (κ3) is 2.55. The highest BCUT2D eigenvalue weighted by atomic mass is 14.9. The van der Waals surface area contributed by atoms with Gasteiger partial charge in [-0.05, 0) is 75.2 Å². The monoisotopic (exact) mass is 207 g/mol. The second-order valence-corrected chi connectivity index (χ2v) is 6.10. The predicted molar refractivity (Wildman–Crippen MR) is 63.7 cm³/mol. The van der Waals surface area contributed by atoms with Crippen molar-refractivity contribution in [1.29, 1.82) is 0 Å². The van der Waals surface area contributed by atoms with Crippen LogP contribution in [-0.4, -0.2) is 12.6 Å². The molecule has 0 aromatic heterocycles. The molecule has 0 aromatic carbocycles. The SMILES string of the molecule is CCC(NCC(C1CC1)C1CC1)C1CC1. The molecule has 0 heterocycles. The Hall–Kier alpha value is -0.0400. The van der Waals surface area contributed by atoms with Crippen LogP contribution in [0.4, 0.5) is 0 Å². The lowest BCUT2D eigenvalue weighted by Crippen LogP contribution is -2.35. The first kappa shape index (κ1) is 10.1. The molecule has 1 atom stereocenters. The van der Waals surface area contributed by atoms with Crippen LogP contribution in [0.3, 0.4) is 0 Å². The van der Waals surface area contributed by atoms with Crippen LogP contribution in [0.15, 0.2) is 0 Å². The maximum Gasteiger partial charge on any atom is 0.00928 e. The van der Waals surface area contributed by atoms with Crippen LogP contribution >= 0.6 is 0 Å². The van der Waals surface area contributed by atoms with Gasteiger partial charge in [-0.25, -0.2) is 0 Å². The summed E-state index contributed by atoms with van der Waals surface area (Å²) in [6, 6.07) is 0.852. The first-order valence-corrected chi connectivity index (χ1v) is 7.12. The van der Waals surface area contributed by atoms with Gasteiger partial charge in [0, 0.05) is 6.04 Å². The van der Waals surface area contributed by atoms with Crippen molar-refractivity contribution < 1.29 is 0 Å². The molecule has 1 N–H and O–H groups in total. The molecule has 15 heavy (non-hydrogen) atoms. The summed E-state index contributed by atoms with van der Waals surface area (Å²) in [5.74, 6) is 4.32. The van der Waals surface area contributed by atoms with Gasteiger partial charge in [-0.3, -0.25) is 0 Å². The molecule has 0 aliphatic heterocycles. The highest BCUT2D eigenvalue weighted by Gasteiger charge is 2.41. The van der Waals surface area contributed by atoms with Crippen molar-refractivity contribution in [2.45, 2.75) is 57.9 Å². The van der Waals surface area contributed by atoms with Gasteiger partial charge in [-0.1, -0.05) is 6.92 Å². The van der Waals surface area contributed by atoms with Crippen molar-refractivity contribution in [2.75, 3.05) is 6.54 Å². The number of rotatable bonds is 7. The van der Waals surface area contributed by atoms with Gasteiger partial charge in [0.05, 0.1) is 0 Å². The summed E-state index contributed by atoms with van der Waals surface area (Å²) in [5, 5.41) is 3.87. The quantitative estimate of drug-likeness (QED) is 0.676. The normalized spacial score (nSPS) is 28.4. The van der Waals surface area contributed by atoms with E-state index in [-0.39, 0.29) is 0 Å². The van der Waals surface area contributed by atoms with Crippen molar-refractivity contribution in [2.24, 2.45) is 23.7 Å². The third-order valence-electron chi connectivity index (χ3n) is 4.70. The smallest absolute Gasteiger partial charge is 0.00928 e. The first-order valence-electron chi connectivity index (χ1n) is 7.12. The molecule has 3 fully saturated rings. The maximum absolute atomic E-state index is 3.87. The minimum atomic E-state index is 0.852. The topological polar surface area (TPSA) is 12.0 Å². The zero-order chi connectivity index (χ0) is 10.3. The van der Waals surface area contributed by atoms with Crippen LogP contribution in [0, 0.1) is 23.7 Å². The Kier molecular flexibility index (Phi) is 2.76. The maximum atomic E-state index is 3.87. The number of hydrogen-bond donors (Lipinski definition) is 1. The highest BCUT2D eigenvalue weighted by Crippen LogP contribution is 2.49. The zero-order valence-corrected chi connectivity index (χ0v) is 10.0. The summed E-state index contributed by atoms with van der Waals surface area (Å²) >= 11 is 0. The molecule has 86 valence electrons. The summed E-state index contributed by atoms with van der Waals surface area (Å²) < 4.78 is 0. The van der Waals surface area contributed by atoms with E-state index in [0.717, 1.165) is 29.7 Å². The average Bonchev–Trinajstić information content (AvgIpc) is 3.12.